The Kier molecular flexibility index (Phi) is 1.96. The maximum Gasteiger partial charge on any atom is 0.215 e. The lowest BCUT2D eigenvalue weighted by molar-refractivity contribution is -0.109. The average molecular weight is 177 g/mol. The molecule has 3 heteroatoms. The van der Waals surface area contributed by atoms with Gasteiger partial charge in [-0.3, -0.25) is 9.79 Å². The number of nitrogens with zero attached hydrogens (tertiary/aromatic N) is 1. The molecule has 0 radical (unpaired) electrons. The Labute approximate surface area is 74.7 Å². The van der Waals surface area contributed by atoms with E-state index in [1.54, 1.807) is 6.21 Å². The van der Waals surface area contributed by atoms with Gasteiger partial charge in [-0.2, -0.15) is 0 Å². The first-order valence-corrected chi connectivity index (χ1v) is 4.47. The van der Waals surface area contributed by atoms with Crippen molar-refractivity contribution in [2.24, 2.45) is 4.99 Å². The first-order valence-electron chi connectivity index (χ1n) is 3.66. The summed E-state index contributed by atoms with van der Waals surface area (Å²) < 4.78 is 0. The Balaban J connectivity index is 2.48. The largest absolute Gasteiger partial charge is 0.285 e. The fourth-order valence-electron chi connectivity index (χ4n) is 1.05. The van der Waals surface area contributed by atoms with Gasteiger partial charge < -0.3 is 0 Å². The van der Waals surface area contributed by atoms with Crippen LogP contribution in [0.1, 0.15) is 5.56 Å². The van der Waals surface area contributed by atoms with Gasteiger partial charge in [0.05, 0.1) is 0 Å². The summed E-state index contributed by atoms with van der Waals surface area (Å²) in [5.74, 6) is 0. The summed E-state index contributed by atoms with van der Waals surface area (Å²) in [5.41, 5.74) is 1.04. The third-order valence-electron chi connectivity index (χ3n) is 1.59. The fraction of sp³-hybridized carbons (Fsp3) is 0.111. The van der Waals surface area contributed by atoms with Gasteiger partial charge in [-0.25, -0.2) is 0 Å². The lowest BCUT2D eigenvalue weighted by atomic mass is 10.2. The van der Waals surface area contributed by atoms with Crippen molar-refractivity contribution in [2.45, 2.75) is 4.90 Å². The van der Waals surface area contributed by atoms with Crippen molar-refractivity contribution >= 4 is 23.1 Å². The van der Waals surface area contributed by atoms with Crippen molar-refractivity contribution in [3.8, 4) is 0 Å². The molecule has 1 aliphatic heterocycles. The number of hydrogen-bond acceptors (Lipinski definition) is 3. The highest BCUT2D eigenvalue weighted by molar-refractivity contribution is 8.13. The molecule has 0 aromatic heterocycles. The molecule has 1 aromatic carbocycles. The minimum Gasteiger partial charge on any atom is -0.285 e. The molecule has 2 nitrogen and oxygen atoms in total. The quantitative estimate of drug-likeness (QED) is 0.604. The Morgan fingerprint density at radius 2 is 2.17 bits per heavy atom. The van der Waals surface area contributed by atoms with E-state index in [2.05, 4.69) is 4.99 Å². The van der Waals surface area contributed by atoms with Crippen LogP contribution in [0.5, 0.6) is 0 Å². The maximum absolute atomic E-state index is 11.1. The van der Waals surface area contributed by atoms with Crippen LogP contribution in [-0.2, 0) is 4.79 Å². The topological polar surface area (TPSA) is 29.4 Å². The molecule has 0 unspecified atom stereocenters. The van der Waals surface area contributed by atoms with Gasteiger partial charge in [0.15, 0.2) is 0 Å². The maximum atomic E-state index is 11.1. The Hall–Kier alpha value is -1.09. The molecule has 0 saturated carbocycles. The molecule has 2 rings (SSSR count). The third-order valence-corrected chi connectivity index (χ3v) is 2.54. The zero-order valence-corrected chi connectivity index (χ0v) is 7.17. The number of fused-ring (bicyclic) bond motifs is 1. The van der Waals surface area contributed by atoms with Crippen molar-refractivity contribution < 1.29 is 4.79 Å². The van der Waals surface area contributed by atoms with Crippen molar-refractivity contribution in [3.05, 3.63) is 29.8 Å². The molecule has 12 heavy (non-hydrogen) atoms. The van der Waals surface area contributed by atoms with E-state index in [1.165, 1.54) is 11.8 Å². The zero-order valence-electron chi connectivity index (χ0n) is 6.36. The summed E-state index contributed by atoms with van der Waals surface area (Å²) in [6, 6.07) is 7.78. The molecule has 1 aliphatic rings. The monoisotopic (exact) mass is 177 g/mol. The molecule has 1 heterocycles. The predicted octanol–water partition coefficient (Wildman–Crippen LogP) is 1.74. The molecule has 0 N–H and O–H groups in total. The predicted molar refractivity (Wildman–Crippen MR) is 49.8 cm³/mol. The second-order valence-electron chi connectivity index (χ2n) is 2.48. The summed E-state index contributed by atoms with van der Waals surface area (Å²) in [6.07, 6.45) is 1.76. The number of carbonyl (C=O) groups is 1. The molecule has 60 valence electrons. The van der Waals surface area contributed by atoms with Gasteiger partial charge in [0.2, 0.25) is 5.12 Å². The van der Waals surface area contributed by atoms with Crippen molar-refractivity contribution in [2.75, 3.05) is 6.54 Å². The SMILES string of the molecule is O=C1CN=Cc2ccccc2S1. The van der Waals surface area contributed by atoms with Gasteiger partial charge in [-0.15, -0.1) is 0 Å². The van der Waals surface area contributed by atoms with Crippen molar-refractivity contribution in [1.29, 1.82) is 0 Å². The number of aliphatic imine (C=N–C) groups is 1. The summed E-state index contributed by atoms with van der Waals surface area (Å²) in [5, 5.41) is 0.108. The number of hydrogen-bond donors (Lipinski definition) is 0. The van der Waals surface area contributed by atoms with Gasteiger partial charge in [0.1, 0.15) is 6.54 Å². The standard InChI is InChI=1S/C9H7NOS/c11-9-6-10-5-7-3-1-2-4-8(7)12-9/h1-5H,6H2. The molecule has 0 amide bonds. The van der Waals surface area contributed by atoms with E-state index >= 15 is 0 Å². The molecular formula is C9H7NOS. The highest BCUT2D eigenvalue weighted by Crippen LogP contribution is 2.23. The van der Waals surface area contributed by atoms with Gasteiger partial charge in [-0.1, -0.05) is 18.2 Å². The van der Waals surface area contributed by atoms with Crippen LogP contribution in [0.2, 0.25) is 0 Å². The fourth-order valence-corrected chi connectivity index (χ4v) is 1.82. The Morgan fingerprint density at radius 3 is 3.08 bits per heavy atom. The third kappa shape index (κ3) is 1.41. The summed E-state index contributed by atoms with van der Waals surface area (Å²) in [7, 11) is 0. The van der Waals surface area contributed by atoms with E-state index in [4.69, 9.17) is 0 Å². The van der Waals surface area contributed by atoms with Gasteiger partial charge in [-0.05, 0) is 17.8 Å². The van der Waals surface area contributed by atoms with Gasteiger partial charge in [0, 0.05) is 16.7 Å². The summed E-state index contributed by atoms with van der Waals surface area (Å²) >= 11 is 1.27. The van der Waals surface area contributed by atoms with Crippen LogP contribution in [-0.4, -0.2) is 17.9 Å². The molecule has 1 aromatic rings. The van der Waals surface area contributed by atoms with E-state index in [0.29, 0.717) is 6.54 Å². The number of rotatable bonds is 0. The molecule has 0 atom stereocenters. The summed E-state index contributed by atoms with van der Waals surface area (Å²) in [6.45, 7) is 0.291. The second kappa shape index (κ2) is 3.11. The lowest BCUT2D eigenvalue weighted by Crippen LogP contribution is -1.92. The number of thioether (sulfide) groups is 1. The van der Waals surface area contributed by atoms with E-state index in [1.807, 2.05) is 24.3 Å². The number of carbonyl (C=O) groups excluding carboxylic acids is 1. The summed E-state index contributed by atoms with van der Waals surface area (Å²) in [4.78, 5) is 16.1. The van der Waals surface area contributed by atoms with Gasteiger partial charge >= 0.3 is 0 Å². The normalized spacial score (nSPS) is 15.5. The molecule has 0 saturated heterocycles. The minimum atomic E-state index is 0.108. The first kappa shape index (κ1) is 7.55. The van der Waals surface area contributed by atoms with E-state index in [-0.39, 0.29) is 5.12 Å². The van der Waals surface area contributed by atoms with Gasteiger partial charge in [0.25, 0.3) is 0 Å². The minimum absolute atomic E-state index is 0.108. The Morgan fingerprint density at radius 1 is 1.33 bits per heavy atom. The smallest absolute Gasteiger partial charge is 0.215 e. The van der Waals surface area contributed by atoms with Crippen LogP contribution in [0, 0.1) is 0 Å². The zero-order chi connectivity index (χ0) is 8.39. The van der Waals surface area contributed by atoms with E-state index in [9.17, 15) is 4.79 Å². The molecule has 0 aliphatic carbocycles. The molecule has 0 fully saturated rings. The van der Waals surface area contributed by atoms with Crippen LogP contribution >= 0.6 is 11.8 Å². The molecular weight excluding hydrogens is 170 g/mol. The van der Waals surface area contributed by atoms with Crippen LogP contribution < -0.4 is 0 Å². The number of benzene rings is 1. The second-order valence-corrected chi connectivity index (χ2v) is 3.58. The molecule has 0 bridgehead atoms. The lowest BCUT2D eigenvalue weighted by Gasteiger charge is -1.98. The Bertz CT molecular complexity index is 346. The highest BCUT2D eigenvalue weighted by Gasteiger charge is 2.09. The first-order chi connectivity index (χ1) is 5.86. The van der Waals surface area contributed by atoms with Crippen LogP contribution in [0.3, 0.4) is 0 Å². The average Bonchev–Trinajstić information content (AvgIpc) is 2.25. The van der Waals surface area contributed by atoms with Crippen LogP contribution in [0.4, 0.5) is 0 Å². The van der Waals surface area contributed by atoms with E-state index < -0.39 is 0 Å². The molecule has 0 spiro atoms. The highest BCUT2D eigenvalue weighted by atomic mass is 32.2. The van der Waals surface area contributed by atoms with Crippen molar-refractivity contribution in [1.82, 2.24) is 0 Å². The van der Waals surface area contributed by atoms with Crippen LogP contribution in [0.15, 0.2) is 34.2 Å². The van der Waals surface area contributed by atoms with Crippen LogP contribution in [0.25, 0.3) is 0 Å². The van der Waals surface area contributed by atoms with Crippen molar-refractivity contribution in [3.63, 3.8) is 0 Å². The van der Waals surface area contributed by atoms with E-state index in [0.717, 1.165) is 10.5 Å².